The van der Waals surface area contributed by atoms with Gasteiger partial charge in [-0.2, -0.15) is 0 Å². The summed E-state index contributed by atoms with van der Waals surface area (Å²) in [5.74, 6) is -0.212. The molecule has 5 heteroatoms. The molecule has 1 aromatic heterocycles. The van der Waals surface area contributed by atoms with Gasteiger partial charge in [0.1, 0.15) is 5.15 Å². The van der Waals surface area contributed by atoms with Crippen LogP contribution in [0.15, 0.2) is 41.0 Å². The summed E-state index contributed by atoms with van der Waals surface area (Å²) in [6, 6.07) is 9.89. The molecule has 1 aromatic carbocycles. The molecule has 2 rings (SSSR count). The van der Waals surface area contributed by atoms with Gasteiger partial charge in [-0.25, -0.2) is 4.98 Å². The van der Waals surface area contributed by atoms with Crippen LogP contribution in [0.25, 0.3) is 0 Å². The third kappa shape index (κ3) is 4.05. The number of carbonyl (C=O) groups excluding carboxylic acids is 1. The minimum absolute atomic E-state index is 0.209. The second-order valence-electron chi connectivity index (χ2n) is 4.49. The van der Waals surface area contributed by atoms with Crippen LogP contribution in [0.5, 0.6) is 0 Å². The number of rotatable bonds is 4. The van der Waals surface area contributed by atoms with E-state index in [1.165, 1.54) is 11.1 Å². The summed E-state index contributed by atoms with van der Waals surface area (Å²) in [6.45, 7) is 2.61. The third-order valence-electron chi connectivity index (χ3n) is 2.83. The Morgan fingerprint density at radius 1 is 1.40 bits per heavy atom. The Kier molecular flexibility index (Phi) is 5.15. The summed E-state index contributed by atoms with van der Waals surface area (Å²) in [7, 11) is 0. The summed E-state index contributed by atoms with van der Waals surface area (Å²) in [5, 5.41) is 3.06. The Morgan fingerprint density at radius 3 is 2.95 bits per heavy atom. The van der Waals surface area contributed by atoms with Gasteiger partial charge in [0.2, 0.25) is 0 Å². The van der Waals surface area contributed by atoms with E-state index in [1.807, 2.05) is 12.1 Å². The van der Waals surface area contributed by atoms with E-state index in [9.17, 15) is 4.79 Å². The largest absolute Gasteiger partial charge is 0.352 e. The summed E-state index contributed by atoms with van der Waals surface area (Å²) in [6.07, 6.45) is 2.35. The van der Waals surface area contributed by atoms with E-state index in [0.29, 0.717) is 12.1 Å². The van der Waals surface area contributed by atoms with Gasteiger partial charge in [0.25, 0.3) is 5.91 Å². The van der Waals surface area contributed by atoms with Gasteiger partial charge in [0.15, 0.2) is 0 Å². The first kappa shape index (κ1) is 15.0. The summed E-state index contributed by atoms with van der Waals surface area (Å²) >= 11 is 9.19. The summed E-state index contributed by atoms with van der Waals surface area (Å²) < 4.78 is 0.728. The molecule has 2 aromatic rings. The standard InChI is InChI=1S/C15H14BrClN2O/c1-10-3-2-4-11(7-10)5-6-18-15(20)13-8-12(16)9-19-14(13)17/h2-4,7-9H,5-6H2,1H3,(H,18,20). The monoisotopic (exact) mass is 352 g/mol. The molecule has 0 radical (unpaired) electrons. The lowest BCUT2D eigenvalue weighted by Gasteiger charge is -2.07. The molecule has 20 heavy (non-hydrogen) atoms. The van der Waals surface area contributed by atoms with Crippen molar-refractivity contribution in [3.8, 4) is 0 Å². The highest BCUT2D eigenvalue weighted by Gasteiger charge is 2.11. The Bertz CT molecular complexity index is 631. The highest BCUT2D eigenvalue weighted by molar-refractivity contribution is 9.10. The van der Waals surface area contributed by atoms with Gasteiger partial charge in [-0.05, 0) is 40.9 Å². The number of hydrogen-bond acceptors (Lipinski definition) is 2. The minimum atomic E-state index is -0.212. The predicted molar refractivity (Wildman–Crippen MR) is 84.2 cm³/mol. The Balaban J connectivity index is 1.94. The van der Waals surface area contributed by atoms with Gasteiger partial charge >= 0.3 is 0 Å². The average molecular weight is 354 g/mol. The molecule has 0 saturated carbocycles. The molecule has 0 unspecified atom stereocenters. The Hall–Kier alpha value is -1.39. The van der Waals surface area contributed by atoms with E-state index >= 15 is 0 Å². The van der Waals surface area contributed by atoms with Crippen LogP contribution in [-0.4, -0.2) is 17.4 Å². The van der Waals surface area contributed by atoms with Gasteiger partial charge < -0.3 is 5.32 Å². The fraction of sp³-hybridized carbons (Fsp3) is 0.200. The molecule has 0 spiro atoms. The molecule has 3 nitrogen and oxygen atoms in total. The quantitative estimate of drug-likeness (QED) is 0.850. The molecule has 0 saturated heterocycles. The number of amides is 1. The SMILES string of the molecule is Cc1cccc(CCNC(=O)c2cc(Br)cnc2Cl)c1. The number of halogens is 2. The van der Waals surface area contributed by atoms with Crippen molar-refractivity contribution >= 4 is 33.4 Å². The minimum Gasteiger partial charge on any atom is -0.352 e. The topological polar surface area (TPSA) is 42.0 Å². The Morgan fingerprint density at radius 2 is 2.20 bits per heavy atom. The molecule has 104 valence electrons. The molecule has 0 aliphatic heterocycles. The molecular weight excluding hydrogens is 340 g/mol. The number of hydrogen-bond donors (Lipinski definition) is 1. The molecule has 0 bridgehead atoms. The fourth-order valence-electron chi connectivity index (χ4n) is 1.87. The molecule has 0 fully saturated rings. The molecule has 0 aliphatic rings. The molecule has 1 amide bonds. The molecule has 1 N–H and O–H groups in total. The number of aromatic nitrogens is 1. The highest BCUT2D eigenvalue weighted by Crippen LogP contribution is 2.17. The second kappa shape index (κ2) is 6.86. The lowest BCUT2D eigenvalue weighted by molar-refractivity contribution is 0.0954. The van der Waals surface area contributed by atoms with Gasteiger partial charge in [0.05, 0.1) is 5.56 Å². The van der Waals surface area contributed by atoms with Crippen LogP contribution < -0.4 is 5.32 Å². The zero-order valence-corrected chi connectivity index (χ0v) is 13.3. The zero-order valence-electron chi connectivity index (χ0n) is 11.0. The van der Waals surface area contributed by atoms with E-state index in [1.54, 1.807) is 12.3 Å². The van der Waals surface area contributed by atoms with Crippen LogP contribution in [0, 0.1) is 6.92 Å². The Labute approximate surface area is 131 Å². The van der Waals surface area contributed by atoms with Gasteiger partial charge in [-0.15, -0.1) is 0 Å². The van der Waals surface area contributed by atoms with Gasteiger partial charge in [-0.1, -0.05) is 41.4 Å². The average Bonchev–Trinajstić information content (AvgIpc) is 2.41. The number of benzene rings is 1. The van der Waals surface area contributed by atoms with Crippen molar-refractivity contribution in [2.75, 3.05) is 6.54 Å². The second-order valence-corrected chi connectivity index (χ2v) is 5.76. The van der Waals surface area contributed by atoms with Gasteiger partial charge in [-0.3, -0.25) is 4.79 Å². The highest BCUT2D eigenvalue weighted by atomic mass is 79.9. The van der Waals surface area contributed by atoms with Crippen LogP contribution in [0.4, 0.5) is 0 Å². The number of pyridine rings is 1. The summed E-state index contributed by atoms with van der Waals surface area (Å²) in [5.41, 5.74) is 2.79. The van der Waals surface area contributed by atoms with Gasteiger partial charge in [0, 0.05) is 17.2 Å². The van der Waals surface area contributed by atoms with Crippen molar-refractivity contribution in [3.05, 3.63) is 62.8 Å². The fourth-order valence-corrected chi connectivity index (χ4v) is 2.39. The third-order valence-corrected chi connectivity index (χ3v) is 3.57. The number of aryl methyl sites for hydroxylation is 1. The van der Waals surface area contributed by atoms with Crippen LogP contribution in [0.1, 0.15) is 21.5 Å². The maximum Gasteiger partial charge on any atom is 0.254 e. The molecule has 1 heterocycles. The molecule has 0 atom stereocenters. The first-order chi connectivity index (χ1) is 9.56. The first-order valence-electron chi connectivity index (χ1n) is 6.21. The number of nitrogens with zero attached hydrogens (tertiary/aromatic N) is 1. The van der Waals surface area contributed by atoms with E-state index in [2.05, 4.69) is 45.3 Å². The van der Waals surface area contributed by atoms with E-state index in [0.717, 1.165) is 10.9 Å². The van der Waals surface area contributed by atoms with Crippen molar-refractivity contribution in [2.45, 2.75) is 13.3 Å². The van der Waals surface area contributed by atoms with E-state index < -0.39 is 0 Å². The maximum absolute atomic E-state index is 12.0. The first-order valence-corrected chi connectivity index (χ1v) is 7.38. The van der Waals surface area contributed by atoms with E-state index in [-0.39, 0.29) is 11.1 Å². The van der Waals surface area contributed by atoms with Crippen molar-refractivity contribution in [2.24, 2.45) is 0 Å². The lowest BCUT2D eigenvalue weighted by atomic mass is 10.1. The molecule has 0 aliphatic carbocycles. The van der Waals surface area contributed by atoms with Crippen molar-refractivity contribution < 1.29 is 4.79 Å². The van der Waals surface area contributed by atoms with Crippen LogP contribution in [0.3, 0.4) is 0 Å². The van der Waals surface area contributed by atoms with E-state index in [4.69, 9.17) is 11.6 Å². The summed E-state index contributed by atoms with van der Waals surface area (Å²) in [4.78, 5) is 16.0. The zero-order chi connectivity index (χ0) is 14.5. The molecular formula is C15H14BrClN2O. The van der Waals surface area contributed by atoms with Crippen molar-refractivity contribution in [1.82, 2.24) is 10.3 Å². The smallest absolute Gasteiger partial charge is 0.254 e. The van der Waals surface area contributed by atoms with Crippen LogP contribution in [-0.2, 0) is 6.42 Å². The van der Waals surface area contributed by atoms with Crippen LogP contribution in [0.2, 0.25) is 5.15 Å². The van der Waals surface area contributed by atoms with Crippen molar-refractivity contribution in [1.29, 1.82) is 0 Å². The maximum atomic E-state index is 12.0. The number of carbonyl (C=O) groups is 1. The predicted octanol–water partition coefficient (Wildman–Crippen LogP) is 3.78. The normalized spacial score (nSPS) is 10.3. The van der Waals surface area contributed by atoms with Crippen LogP contribution >= 0.6 is 27.5 Å². The van der Waals surface area contributed by atoms with Crippen molar-refractivity contribution in [3.63, 3.8) is 0 Å². The number of nitrogens with one attached hydrogen (secondary N) is 1. The lowest BCUT2D eigenvalue weighted by Crippen LogP contribution is -2.26.